The number of carbonyl (C=O) groups is 1. The summed E-state index contributed by atoms with van der Waals surface area (Å²) in [5.74, 6) is -0.191. The van der Waals surface area contributed by atoms with E-state index in [0.29, 0.717) is 25.0 Å². The predicted octanol–water partition coefficient (Wildman–Crippen LogP) is 0.379. The number of hydrogen-bond donors (Lipinski definition) is 0. The maximum atomic E-state index is 12.4. The average Bonchev–Trinajstić information content (AvgIpc) is 2.92. The number of sulfone groups is 1. The quantitative estimate of drug-likeness (QED) is 0.728. The molecule has 0 aromatic rings. The van der Waals surface area contributed by atoms with Crippen LogP contribution in [0.25, 0.3) is 0 Å². The van der Waals surface area contributed by atoms with Gasteiger partial charge in [-0.1, -0.05) is 13.3 Å². The van der Waals surface area contributed by atoms with E-state index in [0.717, 1.165) is 32.7 Å². The molecule has 0 N–H and O–H groups in total. The minimum Gasteiger partial charge on any atom is -0.379 e. The predicted molar refractivity (Wildman–Crippen MR) is 85.5 cm³/mol. The Hall–Kier alpha value is -0.660. The second-order valence-corrected chi connectivity index (χ2v) is 9.10. The van der Waals surface area contributed by atoms with Crippen LogP contribution in [0.2, 0.25) is 0 Å². The minimum atomic E-state index is -3.33. The van der Waals surface area contributed by atoms with Crippen LogP contribution in [-0.4, -0.2) is 80.6 Å². The summed E-state index contributed by atoms with van der Waals surface area (Å²) in [5.41, 5.74) is 0. The summed E-state index contributed by atoms with van der Waals surface area (Å²) < 4.78 is 29.3. The third-order valence-electron chi connectivity index (χ3n) is 4.84. The lowest BCUT2D eigenvalue weighted by atomic mass is 9.99. The molecule has 7 heteroatoms. The maximum absolute atomic E-state index is 12.4. The van der Waals surface area contributed by atoms with Gasteiger partial charge >= 0.3 is 0 Å². The van der Waals surface area contributed by atoms with Crippen molar-refractivity contribution in [3.05, 3.63) is 0 Å². The van der Waals surface area contributed by atoms with Gasteiger partial charge in [0.1, 0.15) is 5.75 Å². The first kappa shape index (κ1) is 17.7. The fourth-order valence-electron chi connectivity index (χ4n) is 3.21. The zero-order chi connectivity index (χ0) is 16.3. The lowest BCUT2D eigenvalue weighted by Crippen LogP contribution is -2.47. The number of ether oxygens (including phenoxy) is 1. The molecular formula is C15H28N2O4S. The number of morpholine rings is 1. The van der Waals surface area contributed by atoms with Crippen LogP contribution in [0.4, 0.5) is 0 Å². The number of nitrogens with zero attached hydrogens (tertiary/aromatic N) is 2. The van der Waals surface area contributed by atoms with E-state index < -0.39 is 15.1 Å². The topological polar surface area (TPSA) is 66.9 Å². The Morgan fingerprint density at radius 2 is 1.86 bits per heavy atom. The van der Waals surface area contributed by atoms with Gasteiger partial charge in [-0.2, -0.15) is 0 Å². The lowest BCUT2D eigenvalue weighted by Gasteiger charge is -2.34. The van der Waals surface area contributed by atoms with Crippen LogP contribution in [0.3, 0.4) is 0 Å². The van der Waals surface area contributed by atoms with Gasteiger partial charge in [-0.05, 0) is 19.8 Å². The van der Waals surface area contributed by atoms with Gasteiger partial charge in [-0.25, -0.2) is 8.42 Å². The largest absolute Gasteiger partial charge is 0.379 e. The molecule has 6 nitrogen and oxygen atoms in total. The molecule has 0 aromatic heterocycles. The molecule has 0 aliphatic carbocycles. The highest BCUT2D eigenvalue weighted by atomic mass is 32.2. The third-order valence-corrected chi connectivity index (χ3v) is 6.93. The molecule has 128 valence electrons. The molecule has 0 bridgehead atoms. The smallest absolute Gasteiger partial charge is 0.237 e. The normalized spacial score (nSPS) is 27.5. The lowest BCUT2D eigenvalue weighted by molar-refractivity contribution is -0.127. The summed E-state index contributed by atoms with van der Waals surface area (Å²) in [5, 5.41) is -0.504. The van der Waals surface area contributed by atoms with Crippen LogP contribution >= 0.6 is 0 Å². The van der Waals surface area contributed by atoms with Gasteiger partial charge in [0.2, 0.25) is 5.91 Å². The standard InChI is InChI=1S/C15H28N2O4S/c1-4-13-9-17(15(18)11-22(19,20)12(2)3)10-14(13)16-5-7-21-8-6-16/h12-14H,4-11H2,1-3H3/t13-,14-/m1/s1. The Bertz CT molecular complexity index is 486. The molecule has 2 aliphatic heterocycles. The van der Waals surface area contributed by atoms with Crippen molar-refractivity contribution in [2.24, 2.45) is 5.92 Å². The van der Waals surface area contributed by atoms with E-state index in [1.807, 2.05) is 0 Å². The minimum absolute atomic E-state index is 0.247. The first-order chi connectivity index (χ1) is 10.3. The van der Waals surface area contributed by atoms with Crippen LogP contribution in [0.5, 0.6) is 0 Å². The fourth-order valence-corrected chi connectivity index (χ4v) is 4.07. The van der Waals surface area contributed by atoms with E-state index in [9.17, 15) is 13.2 Å². The average molecular weight is 332 g/mol. The number of hydrogen-bond acceptors (Lipinski definition) is 5. The van der Waals surface area contributed by atoms with E-state index in [2.05, 4.69) is 11.8 Å². The van der Waals surface area contributed by atoms with E-state index >= 15 is 0 Å². The molecule has 0 radical (unpaired) electrons. The molecule has 2 fully saturated rings. The van der Waals surface area contributed by atoms with Crippen molar-refractivity contribution in [1.82, 2.24) is 9.80 Å². The molecule has 2 saturated heterocycles. The van der Waals surface area contributed by atoms with Gasteiger partial charge in [-0.3, -0.25) is 9.69 Å². The highest BCUT2D eigenvalue weighted by Gasteiger charge is 2.39. The van der Waals surface area contributed by atoms with Crippen LogP contribution in [0.15, 0.2) is 0 Å². The first-order valence-corrected chi connectivity index (χ1v) is 9.87. The summed E-state index contributed by atoms with van der Waals surface area (Å²) in [4.78, 5) is 16.5. The summed E-state index contributed by atoms with van der Waals surface area (Å²) in [6, 6.07) is 0.333. The number of likely N-dealkylation sites (tertiary alicyclic amines) is 1. The van der Waals surface area contributed by atoms with Crippen LogP contribution in [0.1, 0.15) is 27.2 Å². The van der Waals surface area contributed by atoms with Crippen LogP contribution < -0.4 is 0 Å². The summed E-state index contributed by atoms with van der Waals surface area (Å²) in [6.45, 7) is 9.97. The van der Waals surface area contributed by atoms with Crippen molar-refractivity contribution in [3.8, 4) is 0 Å². The SMILES string of the molecule is CC[C@@H]1CN(C(=O)CS(=O)(=O)C(C)C)C[C@H]1N1CCOCC1. The Morgan fingerprint density at radius 1 is 1.23 bits per heavy atom. The summed E-state index contributed by atoms with van der Waals surface area (Å²) in [6.07, 6.45) is 1.00. The fraction of sp³-hybridized carbons (Fsp3) is 0.933. The molecule has 2 rings (SSSR count). The van der Waals surface area contributed by atoms with Crippen LogP contribution in [-0.2, 0) is 19.4 Å². The monoisotopic (exact) mass is 332 g/mol. The van der Waals surface area contributed by atoms with Crippen molar-refractivity contribution >= 4 is 15.7 Å². The van der Waals surface area contributed by atoms with Gasteiger partial charge in [-0.15, -0.1) is 0 Å². The Kier molecular flexibility index (Phi) is 5.85. The zero-order valence-electron chi connectivity index (χ0n) is 13.8. The molecule has 0 aromatic carbocycles. The van der Waals surface area contributed by atoms with Gasteiger partial charge in [0.25, 0.3) is 0 Å². The second kappa shape index (κ2) is 7.27. The molecule has 1 amide bonds. The second-order valence-electron chi connectivity index (χ2n) is 6.54. The van der Waals surface area contributed by atoms with E-state index in [4.69, 9.17) is 4.74 Å². The molecule has 2 heterocycles. The Labute approximate surface area is 133 Å². The Balaban J connectivity index is 2.00. The third kappa shape index (κ3) is 4.00. The molecule has 0 spiro atoms. The molecular weight excluding hydrogens is 304 g/mol. The summed E-state index contributed by atoms with van der Waals surface area (Å²) >= 11 is 0. The molecule has 0 unspecified atom stereocenters. The van der Waals surface area contributed by atoms with Crippen molar-refractivity contribution in [2.45, 2.75) is 38.5 Å². The van der Waals surface area contributed by atoms with Gasteiger partial charge < -0.3 is 9.64 Å². The van der Waals surface area contributed by atoms with Crippen LogP contribution in [0, 0.1) is 5.92 Å². The molecule has 0 saturated carbocycles. The summed E-state index contributed by atoms with van der Waals surface area (Å²) in [7, 11) is -3.33. The zero-order valence-corrected chi connectivity index (χ0v) is 14.6. The highest BCUT2D eigenvalue weighted by molar-refractivity contribution is 7.92. The number of amides is 1. The number of carbonyl (C=O) groups excluding carboxylic acids is 1. The van der Waals surface area contributed by atoms with Gasteiger partial charge in [0.15, 0.2) is 9.84 Å². The molecule has 22 heavy (non-hydrogen) atoms. The first-order valence-electron chi connectivity index (χ1n) is 8.16. The van der Waals surface area contributed by atoms with Crippen molar-refractivity contribution in [3.63, 3.8) is 0 Å². The maximum Gasteiger partial charge on any atom is 0.237 e. The van der Waals surface area contributed by atoms with Gasteiger partial charge in [0, 0.05) is 32.2 Å². The van der Waals surface area contributed by atoms with Crippen molar-refractivity contribution in [2.75, 3.05) is 45.1 Å². The number of rotatable bonds is 5. The van der Waals surface area contributed by atoms with Crippen molar-refractivity contribution in [1.29, 1.82) is 0 Å². The molecule has 2 atom stereocenters. The van der Waals surface area contributed by atoms with E-state index in [1.54, 1.807) is 18.7 Å². The van der Waals surface area contributed by atoms with E-state index in [1.165, 1.54) is 0 Å². The Morgan fingerprint density at radius 3 is 2.41 bits per heavy atom. The van der Waals surface area contributed by atoms with Crippen molar-refractivity contribution < 1.29 is 17.9 Å². The highest BCUT2D eigenvalue weighted by Crippen LogP contribution is 2.26. The van der Waals surface area contributed by atoms with E-state index in [-0.39, 0.29) is 11.7 Å². The van der Waals surface area contributed by atoms with Gasteiger partial charge in [0.05, 0.1) is 18.5 Å². The molecule has 2 aliphatic rings.